The van der Waals surface area contributed by atoms with Crippen LogP contribution in [-0.2, 0) is 28.6 Å². The molecule has 0 rings (SSSR count). The summed E-state index contributed by atoms with van der Waals surface area (Å²) in [5.74, 6) is -1.77. The van der Waals surface area contributed by atoms with Crippen molar-refractivity contribution >= 4 is 17.9 Å². The van der Waals surface area contributed by atoms with Gasteiger partial charge >= 0.3 is 11.9 Å². The fraction of sp³-hybridized carbons (Fsp3) is 0.811. The van der Waals surface area contributed by atoms with E-state index < -0.39 is 18.1 Å². The largest absolute Gasteiger partial charge is 0.544 e. The standard InChI is InChI=1S/C37H67NO7/c1-6-8-10-12-14-15-16-17-18-19-20-21-22-24-26-28-36(40)45-33(31-43-30-29-34(37(41)42)38(3,4)5)32-44-35(39)27-25-23-13-11-9-7-2/h14-15,17-18,33-34H,6-13,16,19-32H2,1-5H3/b15-14-,18-17-. The first-order chi connectivity index (χ1) is 21.6. The number of likely N-dealkylation sites (N-methyl/N-ethyl adjacent to an activating group) is 1. The molecule has 0 aliphatic rings. The van der Waals surface area contributed by atoms with Gasteiger partial charge in [-0.05, 0) is 44.9 Å². The van der Waals surface area contributed by atoms with Crippen molar-refractivity contribution in [2.24, 2.45) is 0 Å². The third-order valence-corrected chi connectivity index (χ3v) is 7.84. The first kappa shape index (κ1) is 42.8. The molecule has 0 amide bonds. The lowest BCUT2D eigenvalue weighted by atomic mass is 10.1. The second-order valence-electron chi connectivity index (χ2n) is 13.1. The minimum atomic E-state index is -1.13. The average molecular weight is 638 g/mol. The molecule has 0 N–H and O–H groups in total. The summed E-state index contributed by atoms with van der Waals surface area (Å²) in [6.45, 7) is 4.53. The highest BCUT2D eigenvalue weighted by atomic mass is 16.6. The lowest BCUT2D eigenvalue weighted by molar-refractivity contribution is -0.889. The van der Waals surface area contributed by atoms with Gasteiger partial charge in [0.25, 0.3) is 0 Å². The van der Waals surface area contributed by atoms with Crippen LogP contribution in [0.2, 0.25) is 0 Å². The fourth-order valence-corrected chi connectivity index (χ4v) is 4.98. The van der Waals surface area contributed by atoms with E-state index in [-0.39, 0.29) is 42.7 Å². The number of quaternary nitrogens is 1. The molecule has 262 valence electrons. The molecule has 0 saturated carbocycles. The molecular formula is C37H67NO7. The van der Waals surface area contributed by atoms with E-state index >= 15 is 0 Å². The zero-order chi connectivity index (χ0) is 33.6. The van der Waals surface area contributed by atoms with Crippen LogP contribution in [0.25, 0.3) is 0 Å². The normalized spacial score (nSPS) is 13.4. The number of carboxylic acid groups (broad SMARTS) is 1. The van der Waals surface area contributed by atoms with E-state index in [4.69, 9.17) is 14.2 Å². The Labute approximate surface area is 275 Å². The fourth-order valence-electron chi connectivity index (χ4n) is 4.98. The molecule has 0 aliphatic heterocycles. The van der Waals surface area contributed by atoms with Gasteiger partial charge in [-0.3, -0.25) is 9.59 Å². The van der Waals surface area contributed by atoms with E-state index in [1.54, 1.807) is 21.1 Å². The van der Waals surface area contributed by atoms with Crippen LogP contribution in [0.15, 0.2) is 24.3 Å². The number of esters is 2. The Balaban J connectivity index is 4.41. The highest BCUT2D eigenvalue weighted by molar-refractivity contribution is 5.70. The Morgan fingerprint density at radius 3 is 1.76 bits per heavy atom. The highest BCUT2D eigenvalue weighted by Crippen LogP contribution is 2.12. The van der Waals surface area contributed by atoms with Gasteiger partial charge < -0.3 is 28.6 Å². The summed E-state index contributed by atoms with van der Waals surface area (Å²) >= 11 is 0. The van der Waals surface area contributed by atoms with Crippen molar-refractivity contribution in [3.05, 3.63) is 24.3 Å². The number of allylic oxidation sites excluding steroid dienone is 4. The zero-order valence-electron chi connectivity index (χ0n) is 29.5. The Morgan fingerprint density at radius 1 is 0.667 bits per heavy atom. The first-order valence-electron chi connectivity index (χ1n) is 17.9. The first-order valence-corrected chi connectivity index (χ1v) is 17.9. The predicted molar refractivity (Wildman–Crippen MR) is 180 cm³/mol. The van der Waals surface area contributed by atoms with Crippen molar-refractivity contribution < 1.29 is 38.2 Å². The minimum absolute atomic E-state index is 0.0368. The molecule has 0 radical (unpaired) electrons. The van der Waals surface area contributed by atoms with Crippen molar-refractivity contribution in [2.75, 3.05) is 41.0 Å². The van der Waals surface area contributed by atoms with Gasteiger partial charge in [0.1, 0.15) is 12.6 Å². The van der Waals surface area contributed by atoms with E-state index in [1.165, 1.54) is 44.9 Å². The van der Waals surface area contributed by atoms with Crippen LogP contribution in [0, 0.1) is 0 Å². The van der Waals surface area contributed by atoms with E-state index in [1.807, 2.05) is 0 Å². The molecule has 0 heterocycles. The number of carbonyl (C=O) groups excluding carboxylic acids is 3. The maximum absolute atomic E-state index is 12.6. The molecule has 0 aliphatic carbocycles. The van der Waals surface area contributed by atoms with E-state index in [0.29, 0.717) is 12.8 Å². The van der Waals surface area contributed by atoms with E-state index in [0.717, 1.165) is 64.2 Å². The predicted octanol–water partition coefficient (Wildman–Crippen LogP) is 7.24. The summed E-state index contributed by atoms with van der Waals surface area (Å²) in [6, 6.07) is -0.723. The Morgan fingerprint density at radius 2 is 1.18 bits per heavy atom. The minimum Gasteiger partial charge on any atom is -0.544 e. The number of hydrogen-bond acceptors (Lipinski definition) is 7. The van der Waals surface area contributed by atoms with Crippen molar-refractivity contribution in [1.82, 2.24) is 0 Å². The number of unbranched alkanes of at least 4 members (excludes halogenated alkanes) is 13. The summed E-state index contributed by atoms with van der Waals surface area (Å²) in [6.07, 6.45) is 27.9. The molecule has 2 unspecified atom stereocenters. The van der Waals surface area contributed by atoms with Gasteiger partial charge in [0.05, 0.1) is 40.3 Å². The molecule has 0 aromatic carbocycles. The van der Waals surface area contributed by atoms with Crippen LogP contribution in [0.5, 0.6) is 0 Å². The molecule has 8 heteroatoms. The van der Waals surface area contributed by atoms with Crippen molar-refractivity contribution in [1.29, 1.82) is 0 Å². The third kappa shape index (κ3) is 27.8. The number of hydrogen-bond donors (Lipinski definition) is 0. The Hall–Kier alpha value is -2.19. The summed E-state index contributed by atoms with van der Waals surface area (Å²) in [7, 11) is 5.38. The molecular weight excluding hydrogens is 570 g/mol. The summed E-state index contributed by atoms with van der Waals surface area (Å²) in [4.78, 5) is 36.4. The van der Waals surface area contributed by atoms with Gasteiger partial charge in [0.2, 0.25) is 0 Å². The van der Waals surface area contributed by atoms with Crippen molar-refractivity contribution in [3.8, 4) is 0 Å². The van der Waals surface area contributed by atoms with Crippen LogP contribution in [0.3, 0.4) is 0 Å². The average Bonchev–Trinajstić information content (AvgIpc) is 2.98. The Kier molecular flexibility index (Phi) is 27.8. The molecule has 0 aromatic rings. The zero-order valence-corrected chi connectivity index (χ0v) is 29.5. The molecule has 0 saturated heterocycles. The van der Waals surface area contributed by atoms with Gasteiger partial charge in [-0.1, -0.05) is 102 Å². The highest BCUT2D eigenvalue weighted by Gasteiger charge is 2.25. The molecule has 0 spiro atoms. The van der Waals surface area contributed by atoms with Crippen molar-refractivity contribution in [2.45, 2.75) is 154 Å². The molecule has 8 nitrogen and oxygen atoms in total. The topological polar surface area (TPSA) is 102 Å². The number of nitrogens with zero attached hydrogens (tertiary/aromatic N) is 1. The smallest absolute Gasteiger partial charge is 0.306 e. The summed E-state index contributed by atoms with van der Waals surface area (Å²) in [5.41, 5.74) is 0. The molecule has 45 heavy (non-hydrogen) atoms. The van der Waals surface area contributed by atoms with Gasteiger partial charge in [-0.25, -0.2) is 0 Å². The SMILES string of the molecule is CCCCC/C=C\C/C=C\CCCCCCCC(=O)OC(COCCC(C(=O)[O-])[N+](C)(C)C)COC(=O)CCCCCCCC. The van der Waals surface area contributed by atoms with E-state index in [2.05, 4.69) is 38.2 Å². The maximum atomic E-state index is 12.6. The van der Waals surface area contributed by atoms with E-state index in [9.17, 15) is 19.5 Å². The van der Waals surface area contributed by atoms with Crippen molar-refractivity contribution in [3.63, 3.8) is 0 Å². The second-order valence-corrected chi connectivity index (χ2v) is 13.1. The second kappa shape index (κ2) is 29.2. The number of carbonyl (C=O) groups is 3. The molecule has 0 aromatic heterocycles. The third-order valence-electron chi connectivity index (χ3n) is 7.84. The van der Waals surface area contributed by atoms with Crippen LogP contribution in [0.1, 0.15) is 142 Å². The summed E-state index contributed by atoms with van der Waals surface area (Å²) < 4.78 is 17.0. The summed E-state index contributed by atoms with van der Waals surface area (Å²) in [5, 5.41) is 11.5. The van der Waals surface area contributed by atoms with Gasteiger partial charge in [-0.15, -0.1) is 0 Å². The van der Waals surface area contributed by atoms with Gasteiger partial charge in [0.15, 0.2) is 6.10 Å². The number of rotatable bonds is 31. The van der Waals surface area contributed by atoms with Crippen LogP contribution < -0.4 is 5.11 Å². The van der Waals surface area contributed by atoms with Gasteiger partial charge in [-0.2, -0.15) is 0 Å². The molecule has 0 bridgehead atoms. The molecule has 0 fully saturated rings. The number of aliphatic carboxylic acids is 1. The monoisotopic (exact) mass is 637 g/mol. The quantitative estimate of drug-likeness (QED) is 0.0342. The Bertz CT molecular complexity index is 803. The lowest BCUT2D eigenvalue weighted by Crippen LogP contribution is -2.55. The van der Waals surface area contributed by atoms with Gasteiger partial charge in [0, 0.05) is 19.3 Å². The maximum Gasteiger partial charge on any atom is 0.306 e. The lowest BCUT2D eigenvalue weighted by Gasteiger charge is -2.34. The van der Waals surface area contributed by atoms with Crippen LogP contribution in [-0.4, -0.2) is 75.5 Å². The van der Waals surface area contributed by atoms with Crippen LogP contribution >= 0.6 is 0 Å². The molecule has 2 atom stereocenters. The number of ether oxygens (including phenoxy) is 3. The van der Waals surface area contributed by atoms with Crippen LogP contribution in [0.4, 0.5) is 0 Å². The number of carboxylic acids is 1.